The van der Waals surface area contributed by atoms with Crippen LogP contribution in [-0.4, -0.2) is 21.8 Å². The number of amides is 1. The molecule has 0 radical (unpaired) electrons. The molecule has 1 N–H and O–H groups in total. The molecule has 0 saturated carbocycles. The van der Waals surface area contributed by atoms with Crippen LogP contribution in [0, 0.1) is 0 Å². The van der Waals surface area contributed by atoms with Crippen molar-refractivity contribution in [3.05, 3.63) is 69.6 Å². The van der Waals surface area contributed by atoms with Crippen LogP contribution in [0.2, 0.25) is 5.02 Å². The summed E-state index contributed by atoms with van der Waals surface area (Å²) in [5, 5.41) is 3.83. The summed E-state index contributed by atoms with van der Waals surface area (Å²) < 4.78 is 0.551. The Kier molecular flexibility index (Phi) is 6.01. The first-order valence-electron chi connectivity index (χ1n) is 8.29. The molecule has 134 valence electrons. The van der Waals surface area contributed by atoms with E-state index in [0.717, 1.165) is 11.3 Å². The fourth-order valence-corrected chi connectivity index (χ4v) is 3.98. The van der Waals surface area contributed by atoms with Crippen LogP contribution in [0.3, 0.4) is 0 Å². The molecule has 1 amide bonds. The molecule has 0 unspecified atom stereocenters. The average Bonchev–Trinajstić information content (AvgIpc) is 2.87. The van der Waals surface area contributed by atoms with Gasteiger partial charge in [-0.1, -0.05) is 79.8 Å². The molecule has 3 rings (SSSR count). The number of hydrogen-bond donors (Lipinski definition) is 1. The summed E-state index contributed by atoms with van der Waals surface area (Å²) >= 11 is 12.7. The number of thiocarbonyl (C=S) groups is 1. The molecule has 1 aliphatic rings. The number of benzene rings is 2. The van der Waals surface area contributed by atoms with Gasteiger partial charge in [0.25, 0.3) is 5.91 Å². The lowest BCUT2D eigenvalue weighted by atomic mass is 10.0. The van der Waals surface area contributed by atoms with Crippen molar-refractivity contribution in [3.8, 4) is 0 Å². The van der Waals surface area contributed by atoms with E-state index in [1.165, 1.54) is 17.3 Å². The Labute approximate surface area is 168 Å². The molecule has 3 nitrogen and oxygen atoms in total. The van der Waals surface area contributed by atoms with Crippen LogP contribution in [0.4, 0.5) is 5.69 Å². The van der Waals surface area contributed by atoms with Gasteiger partial charge in [-0.15, -0.1) is 0 Å². The van der Waals surface area contributed by atoms with Crippen LogP contribution in [0.15, 0.2) is 53.4 Å². The summed E-state index contributed by atoms with van der Waals surface area (Å²) in [5.41, 5.74) is 3.12. The van der Waals surface area contributed by atoms with Crippen LogP contribution < -0.4 is 5.32 Å². The predicted molar refractivity (Wildman–Crippen MR) is 115 cm³/mol. The van der Waals surface area contributed by atoms with Crippen molar-refractivity contribution in [2.24, 2.45) is 0 Å². The SMILES string of the molecule is CC(C)c1ccc(/C=C2/SC(=S)N(CNc3cccc(Cl)c3)C2=O)cc1. The number of thioether (sulfide) groups is 1. The Morgan fingerprint density at radius 2 is 1.96 bits per heavy atom. The lowest BCUT2D eigenvalue weighted by molar-refractivity contribution is -0.121. The third kappa shape index (κ3) is 4.47. The molecule has 2 aromatic carbocycles. The second-order valence-corrected chi connectivity index (χ2v) is 8.39. The Morgan fingerprint density at radius 3 is 2.62 bits per heavy atom. The number of nitrogens with zero attached hydrogens (tertiary/aromatic N) is 1. The standard InChI is InChI=1S/C20H19ClN2OS2/c1-13(2)15-8-6-14(7-9-15)10-18-19(24)23(20(25)26-18)12-22-17-5-3-4-16(21)11-17/h3-11,13,22H,12H2,1-2H3/b18-10+. The molecule has 2 aromatic rings. The maximum Gasteiger partial charge on any atom is 0.267 e. The largest absolute Gasteiger partial charge is 0.367 e. The molecule has 1 aliphatic heterocycles. The van der Waals surface area contributed by atoms with Crippen LogP contribution in [0.25, 0.3) is 6.08 Å². The predicted octanol–water partition coefficient (Wildman–Crippen LogP) is 5.73. The van der Waals surface area contributed by atoms with Crippen LogP contribution in [0.5, 0.6) is 0 Å². The van der Waals surface area contributed by atoms with E-state index in [2.05, 4.69) is 31.3 Å². The zero-order chi connectivity index (χ0) is 18.7. The van der Waals surface area contributed by atoms with Gasteiger partial charge in [0, 0.05) is 10.7 Å². The highest BCUT2D eigenvalue weighted by Crippen LogP contribution is 2.32. The number of anilines is 1. The van der Waals surface area contributed by atoms with Gasteiger partial charge >= 0.3 is 0 Å². The lowest BCUT2D eigenvalue weighted by Gasteiger charge is -2.16. The third-order valence-corrected chi connectivity index (χ3v) is 5.65. The van der Waals surface area contributed by atoms with Crippen molar-refractivity contribution in [3.63, 3.8) is 0 Å². The Hall–Kier alpha value is -1.82. The number of carbonyl (C=O) groups is 1. The molecular weight excluding hydrogens is 384 g/mol. The summed E-state index contributed by atoms with van der Waals surface area (Å²) in [6.07, 6.45) is 1.89. The molecule has 0 bridgehead atoms. The molecule has 0 aromatic heterocycles. The molecule has 0 atom stereocenters. The first-order valence-corrected chi connectivity index (χ1v) is 9.89. The zero-order valence-corrected chi connectivity index (χ0v) is 16.9. The van der Waals surface area contributed by atoms with Crippen LogP contribution in [-0.2, 0) is 4.79 Å². The van der Waals surface area contributed by atoms with E-state index in [-0.39, 0.29) is 5.91 Å². The van der Waals surface area contributed by atoms with E-state index in [9.17, 15) is 4.79 Å². The molecule has 6 heteroatoms. The lowest BCUT2D eigenvalue weighted by Crippen LogP contribution is -2.33. The minimum Gasteiger partial charge on any atom is -0.367 e. The molecule has 0 aliphatic carbocycles. The molecular formula is C20H19ClN2OS2. The van der Waals surface area contributed by atoms with Crippen molar-refractivity contribution in [1.29, 1.82) is 0 Å². The third-order valence-electron chi connectivity index (χ3n) is 4.04. The summed E-state index contributed by atoms with van der Waals surface area (Å²) in [6, 6.07) is 15.6. The maximum atomic E-state index is 12.7. The summed E-state index contributed by atoms with van der Waals surface area (Å²) in [6.45, 7) is 4.63. The van der Waals surface area contributed by atoms with E-state index in [1.807, 2.05) is 36.4 Å². The van der Waals surface area contributed by atoms with Gasteiger partial charge in [0.1, 0.15) is 4.32 Å². The maximum absolute atomic E-state index is 12.7. The smallest absolute Gasteiger partial charge is 0.267 e. The van der Waals surface area contributed by atoms with Crippen LogP contribution >= 0.6 is 35.6 Å². The summed E-state index contributed by atoms with van der Waals surface area (Å²) in [7, 11) is 0. The van der Waals surface area contributed by atoms with E-state index in [0.29, 0.717) is 26.8 Å². The molecule has 1 fully saturated rings. The topological polar surface area (TPSA) is 32.3 Å². The van der Waals surface area contributed by atoms with E-state index in [1.54, 1.807) is 11.0 Å². The van der Waals surface area contributed by atoms with Gasteiger partial charge in [-0.3, -0.25) is 9.69 Å². The van der Waals surface area contributed by atoms with Gasteiger partial charge in [0.2, 0.25) is 0 Å². The van der Waals surface area contributed by atoms with Gasteiger partial charge in [0.15, 0.2) is 0 Å². The molecule has 1 heterocycles. The van der Waals surface area contributed by atoms with Crippen molar-refractivity contribution in [2.75, 3.05) is 12.0 Å². The van der Waals surface area contributed by atoms with E-state index >= 15 is 0 Å². The monoisotopic (exact) mass is 402 g/mol. The molecule has 26 heavy (non-hydrogen) atoms. The number of halogens is 1. The zero-order valence-electron chi connectivity index (χ0n) is 14.5. The highest BCUT2D eigenvalue weighted by atomic mass is 35.5. The van der Waals surface area contributed by atoms with Gasteiger partial charge in [-0.05, 0) is 41.3 Å². The van der Waals surface area contributed by atoms with Crippen molar-refractivity contribution in [1.82, 2.24) is 4.90 Å². The Morgan fingerprint density at radius 1 is 1.23 bits per heavy atom. The Balaban J connectivity index is 1.69. The highest BCUT2D eigenvalue weighted by Gasteiger charge is 2.31. The van der Waals surface area contributed by atoms with E-state index in [4.69, 9.17) is 23.8 Å². The number of hydrogen-bond acceptors (Lipinski definition) is 4. The number of carbonyl (C=O) groups excluding carboxylic acids is 1. The number of rotatable bonds is 5. The molecule has 0 spiro atoms. The van der Waals surface area contributed by atoms with Gasteiger partial charge in [-0.2, -0.15) is 0 Å². The minimum absolute atomic E-state index is 0.0811. The normalized spacial score (nSPS) is 16.0. The Bertz CT molecular complexity index is 862. The van der Waals surface area contributed by atoms with E-state index < -0.39 is 0 Å². The fraction of sp³-hybridized carbons (Fsp3) is 0.200. The second kappa shape index (κ2) is 8.25. The first-order chi connectivity index (χ1) is 12.4. The van der Waals surface area contributed by atoms with Gasteiger partial charge in [-0.25, -0.2) is 0 Å². The van der Waals surface area contributed by atoms with Crippen molar-refractivity contribution < 1.29 is 4.79 Å². The molecule has 1 saturated heterocycles. The average molecular weight is 403 g/mol. The van der Waals surface area contributed by atoms with Crippen LogP contribution in [0.1, 0.15) is 30.9 Å². The van der Waals surface area contributed by atoms with Gasteiger partial charge < -0.3 is 5.32 Å². The quantitative estimate of drug-likeness (QED) is 0.511. The number of nitrogens with one attached hydrogen (secondary N) is 1. The second-order valence-electron chi connectivity index (χ2n) is 6.28. The van der Waals surface area contributed by atoms with Crippen molar-refractivity contribution >= 4 is 57.6 Å². The summed E-state index contributed by atoms with van der Waals surface area (Å²) in [4.78, 5) is 14.9. The summed E-state index contributed by atoms with van der Waals surface area (Å²) in [5.74, 6) is 0.405. The first kappa shape index (κ1) is 19.0. The highest BCUT2D eigenvalue weighted by molar-refractivity contribution is 8.26. The van der Waals surface area contributed by atoms with Crippen molar-refractivity contribution in [2.45, 2.75) is 19.8 Å². The minimum atomic E-state index is -0.0811. The van der Waals surface area contributed by atoms with Gasteiger partial charge in [0.05, 0.1) is 11.6 Å². The fourth-order valence-electron chi connectivity index (χ4n) is 2.53.